The average Bonchev–Trinajstić information content (AvgIpc) is 2.49. The Bertz CT molecular complexity index is 715. The van der Waals surface area contributed by atoms with Crippen molar-refractivity contribution in [3.63, 3.8) is 0 Å². The van der Waals surface area contributed by atoms with Crippen LogP contribution in [0.3, 0.4) is 0 Å². The monoisotopic (exact) mass is 322 g/mol. The lowest BCUT2D eigenvalue weighted by Gasteiger charge is -2.03. The highest BCUT2D eigenvalue weighted by atomic mass is 35.5. The maximum atomic E-state index is 11.5. The van der Waals surface area contributed by atoms with Crippen LogP contribution in [-0.4, -0.2) is 24.3 Å². The molecule has 0 aliphatic rings. The van der Waals surface area contributed by atoms with Crippen molar-refractivity contribution in [2.75, 3.05) is 7.05 Å². The number of phenolic OH excluding ortho intramolecular Hbond substituents is 1. The Balaban J connectivity index is 2.32. The quantitative estimate of drug-likeness (QED) is 0.844. The standard InChI is InChI=1S/C15H12Cl2N2O2/c1-18-15(21)9-3-2-4-12(6-9)19-8-10-5-11(16)7-13(17)14(10)20/h2-8,20H,1H3,(H,18,21). The van der Waals surface area contributed by atoms with E-state index in [9.17, 15) is 9.90 Å². The molecule has 108 valence electrons. The van der Waals surface area contributed by atoms with Crippen LogP contribution >= 0.6 is 23.2 Å². The number of halogens is 2. The van der Waals surface area contributed by atoms with E-state index in [0.717, 1.165) is 0 Å². The molecule has 0 heterocycles. The van der Waals surface area contributed by atoms with Crippen molar-refractivity contribution >= 4 is 41.0 Å². The van der Waals surface area contributed by atoms with E-state index in [0.29, 0.717) is 21.8 Å². The number of rotatable bonds is 3. The molecule has 0 spiro atoms. The highest BCUT2D eigenvalue weighted by molar-refractivity contribution is 6.36. The van der Waals surface area contributed by atoms with Gasteiger partial charge in [-0.1, -0.05) is 29.3 Å². The van der Waals surface area contributed by atoms with E-state index in [1.165, 1.54) is 12.3 Å². The second kappa shape index (κ2) is 6.61. The van der Waals surface area contributed by atoms with Crippen LogP contribution in [0.2, 0.25) is 10.0 Å². The first-order valence-electron chi connectivity index (χ1n) is 6.05. The molecule has 6 heteroatoms. The summed E-state index contributed by atoms with van der Waals surface area (Å²) in [6.07, 6.45) is 1.44. The van der Waals surface area contributed by atoms with Gasteiger partial charge in [0.25, 0.3) is 5.91 Å². The fourth-order valence-electron chi connectivity index (χ4n) is 1.70. The van der Waals surface area contributed by atoms with E-state index in [1.807, 2.05) is 0 Å². The highest BCUT2D eigenvalue weighted by Crippen LogP contribution is 2.30. The first kappa shape index (κ1) is 15.4. The molecule has 2 aromatic rings. The minimum Gasteiger partial charge on any atom is -0.506 e. The molecule has 2 rings (SSSR count). The third kappa shape index (κ3) is 3.74. The van der Waals surface area contributed by atoms with Crippen molar-refractivity contribution in [2.45, 2.75) is 0 Å². The minimum atomic E-state index is -0.194. The van der Waals surface area contributed by atoms with Crippen LogP contribution in [0.5, 0.6) is 5.75 Å². The number of carbonyl (C=O) groups is 1. The number of hydrogen-bond donors (Lipinski definition) is 2. The van der Waals surface area contributed by atoms with Gasteiger partial charge in [0.2, 0.25) is 0 Å². The van der Waals surface area contributed by atoms with Crippen LogP contribution in [0.1, 0.15) is 15.9 Å². The first-order valence-corrected chi connectivity index (χ1v) is 6.81. The van der Waals surface area contributed by atoms with Gasteiger partial charge in [0.1, 0.15) is 5.75 Å². The van der Waals surface area contributed by atoms with E-state index in [4.69, 9.17) is 23.2 Å². The molecule has 0 atom stereocenters. The number of benzene rings is 2. The molecule has 21 heavy (non-hydrogen) atoms. The molecule has 0 saturated heterocycles. The number of aromatic hydroxyl groups is 1. The summed E-state index contributed by atoms with van der Waals surface area (Å²) in [6, 6.07) is 9.79. The van der Waals surface area contributed by atoms with Gasteiger partial charge in [0.15, 0.2) is 0 Å². The Hall–Kier alpha value is -2.04. The summed E-state index contributed by atoms with van der Waals surface area (Å²) in [7, 11) is 1.56. The molecule has 0 aromatic heterocycles. The second-order valence-corrected chi connectivity index (χ2v) is 5.06. The van der Waals surface area contributed by atoms with E-state index in [-0.39, 0.29) is 16.7 Å². The number of carbonyl (C=O) groups excluding carboxylic acids is 1. The lowest BCUT2D eigenvalue weighted by atomic mass is 10.2. The molecule has 1 amide bonds. The lowest BCUT2D eigenvalue weighted by Crippen LogP contribution is -2.17. The molecule has 0 fully saturated rings. The zero-order chi connectivity index (χ0) is 15.4. The molecule has 0 aliphatic heterocycles. The molecule has 0 bridgehead atoms. The molecule has 2 aromatic carbocycles. The molecular formula is C15H12Cl2N2O2. The van der Waals surface area contributed by atoms with Gasteiger partial charge >= 0.3 is 0 Å². The summed E-state index contributed by atoms with van der Waals surface area (Å²) in [5.74, 6) is -0.284. The number of aliphatic imine (C=N–C) groups is 1. The number of hydrogen-bond acceptors (Lipinski definition) is 3. The van der Waals surface area contributed by atoms with Crippen molar-refractivity contribution < 1.29 is 9.90 Å². The molecule has 2 N–H and O–H groups in total. The number of phenols is 1. The third-order valence-corrected chi connectivity index (χ3v) is 3.25. The highest BCUT2D eigenvalue weighted by Gasteiger charge is 2.06. The predicted molar refractivity (Wildman–Crippen MR) is 85.2 cm³/mol. The summed E-state index contributed by atoms with van der Waals surface area (Å²) in [6.45, 7) is 0. The zero-order valence-electron chi connectivity index (χ0n) is 11.1. The van der Waals surface area contributed by atoms with Crippen LogP contribution < -0.4 is 5.32 Å². The summed E-state index contributed by atoms with van der Waals surface area (Å²) in [5, 5.41) is 12.9. The van der Waals surface area contributed by atoms with Crippen LogP contribution in [0.25, 0.3) is 0 Å². The Labute approximate surface area is 132 Å². The van der Waals surface area contributed by atoms with Crippen molar-refractivity contribution in [1.29, 1.82) is 0 Å². The van der Waals surface area contributed by atoms with Gasteiger partial charge in [0.05, 0.1) is 10.7 Å². The van der Waals surface area contributed by atoms with E-state index in [1.54, 1.807) is 37.4 Å². The van der Waals surface area contributed by atoms with Crippen LogP contribution in [0, 0.1) is 0 Å². The SMILES string of the molecule is CNC(=O)c1cccc(N=Cc2cc(Cl)cc(Cl)c2O)c1. The smallest absolute Gasteiger partial charge is 0.251 e. The number of nitrogens with zero attached hydrogens (tertiary/aromatic N) is 1. The van der Waals surface area contributed by atoms with Gasteiger partial charge in [-0.05, 0) is 30.3 Å². The predicted octanol–water partition coefficient (Wildman–Crippen LogP) is 3.81. The Kier molecular flexibility index (Phi) is 4.83. The Morgan fingerprint density at radius 3 is 2.76 bits per heavy atom. The van der Waals surface area contributed by atoms with Crippen molar-refractivity contribution in [3.05, 3.63) is 57.6 Å². The summed E-state index contributed by atoms with van der Waals surface area (Å²) >= 11 is 11.7. The number of nitrogens with one attached hydrogen (secondary N) is 1. The Morgan fingerprint density at radius 1 is 1.29 bits per heavy atom. The largest absolute Gasteiger partial charge is 0.506 e. The van der Waals surface area contributed by atoms with Crippen molar-refractivity contribution in [1.82, 2.24) is 5.32 Å². The fourth-order valence-corrected chi connectivity index (χ4v) is 2.21. The summed E-state index contributed by atoms with van der Waals surface area (Å²) < 4.78 is 0. The van der Waals surface area contributed by atoms with Gasteiger partial charge in [0, 0.05) is 29.4 Å². The lowest BCUT2D eigenvalue weighted by molar-refractivity contribution is 0.0963. The topological polar surface area (TPSA) is 61.7 Å². The molecule has 4 nitrogen and oxygen atoms in total. The average molecular weight is 323 g/mol. The van der Waals surface area contributed by atoms with Crippen LogP contribution in [0.4, 0.5) is 5.69 Å². The van der Waals surface area contributed by atoms with Gasteiger partial charge < -0.3 is 10.4 Å². The van der Waals surface area contributed by atoms with Crippen molar-refractivity contribution in [2.24, 2.45) is 4.99 Å². The third-order valence-electron chi connectivity index (χ3n) is 2.75. The maximum absolute atomic E-state index is 11.5. The molecule has 0 radical (unpaired) electrons. The maximum Gasteiger partial charge on any atom is 0.251 e. The Morgan fingerprint density at radius 2 is 2.05 bits per heavy atom. The van der Waals surface area contributed by atoms with E-state index >= 15 is 0 Å². The summed E-state index contributed by atoms with van der Waals surface area (Å²) in [4.78, 5) is 15.8. The van der Waals surface area contributed by atoms with E-state index in [2.05, 4.69) is 10.3 Å². The molecular weight excluding hydrogens is 311 g/mol. The van der Waals surface area contributed by atoms with Gasteiger partial charge in [-0.25, -0.2) is 0 Å². The van der Waals surface area contributed by atoms with Crippen LogP contribution in [-0.2, 0) is 0 Å². The van der Waals surface area contributed by atoms with Crippen LogP contribution in [0.15, 0.2) is 41.4 Å². The minimum absolute atomic E-state index is 0.0905. The van der Waals surface area contributed by atoms with Gasteiger partial charge in [-0.3, -0.25) is 9.79 Å². The fraction of sp³-hybridized carbons (Fsp3) is 0.0667. The first-order chi connectivity index (χ1) is 10.0. The van der Waals surface area contributed by atoms with Gasteiger partial charge in [-0.15, -0.1) is 0 Å². The molecule has 0 saturated carbocycles. The number of amides is 1. The van der Waals surface area contributed by atoms with Gasteiger partial charge in [-0.2, -0.15) is 0 Å². The normalized spacial score (nSPS) is 10.8. The van der Waals surface area contributed by atoms with E-state index < -0.39 is 0 Å². The summed E-state index contributed by atoms with van der Waals surface area (Å²) in [5.41, 5.74) is 1.48. The zero-order valence-corrected chi connectivity index (χ0v) is 12.6. The second-order valence-electron chi connectivity index (χ2n) is 4.21. The molecule has 0 unspecified atom stereocenters. The van der Waals surface area contributed by atoms with Crippen molar-refractivity contribution in [3.8, 4) is 5.75 Å². The molecule has 0 aliphatic carbocycles.